The molecule has 4 nitrogen and oxygen atoms in total. The van der Waals surface area contributed by atoms with Crippen LogP contribution in [0.15, 0.2) is 0 Å². The minimum absolute atomic E-state index is 0.188. The zero-order chi connectivity index (χ0) is 10.1. The van der Waals surface area contributed by atoms with E-state index < -0.39 is 0 Å². The van der Waals surface area contributed by atoms with Crippen molar-refractivity contribution in [1.29, 1.82) is 0 Å². The smallest absolute Gasteiger partial charge is 0.234 e. The van der Waals surface area contributed by atoms with Crippen LogP contribution in [0.3, 0.4) is 0 Å². The normalized spacial score (nSPS) is 12.8. The van der Waals surface area contributed by atoms with Gasteiger partial charge in [0, 0.05) is 5.75 Å². The van der Waals surface area contributed by atoms with Crippen LogP contribution < -0.4 is 11.1 Å². The molecule has 0 heterocycles. The van der Waals surface area contributed by atoms with Crippen LogP contribution in [-0.2, 0) is 4.79 Å². The second kappa shape index (κ2) is 8.34. The third-order valence-corrected chi connectivity index (χ3v) is 2.58. The van der Waals surface area contributed by atoms with Crippen LogP contribution in [0.25, 0.3) is 0 Å². The first-order valence-corrected chi connectivity index (χ1v) is 5.59. The van der Waals surface area contributed by atoms with Gasteiger partial charge in [-0.1, -0.05) is 6.92 Å². The number of aliphatic hydroxyl groups excluding tert-OH is 1. The van der Waals surface area contributed by atoms with Crippen LogP contribution in [0, 0.1) is 0 Å². The topological polar surface area (TPSA) is 75.3 Å². The molecule has 0 radical (unpaired) electrons. The van der Waals surface area contributed by atoms with E-state index in [4.69, 9.17) is 10.8 Å². The molecule has 1 unspecified atom stereocenters. The Kier molecular flexibility index (Phi) is 8.18. The maximum Gasteiger partial charge on any atom is 0.234 e. The van der Waals surface area contributed by atoms with E-state index in [1.54, 1.807) is 11.8 Å². The van der Waals surface area contributed by atoms with Gasteiger partial charge in [-0.2, -0.15) is 11.8 Å². The summed E-state index contributed by atoms with van der Waals surface area (Å²) in [6, 6.07) is -0.226. The Morgan fingerprint density at radius 1 is 1.62 bits per heavy atom. The van der Waals surface area contributed by atoms with Gasteiger partial charge in [-0.15, -0.1) is 0 Å². The van der Waals surface area contributed by atoms with Gasteiger partial charge in [0.2, 0.25) is 5.91 Å². The van der Waals surface area contributed by atoms with Crippen molar-refractivity contribution in [2.45, 2.75) is 19.4 Å². The maximum atomic E-state index is 10.9. The Morgan fingerprint density at radius 2 is 2.31 bits per heavy atom. The van der Waals surface area contributed by atoms with E-state index in [1.165, 1.54) is 0 Å². The minimum Gasteiger partial charge on any atom is -0.396 e. The molecular formula is C8H18N2O2S. The molecule has 0 rings (SSSR count). The lowest BCUT2D eigenvalue weighted by molar-refractivity contribution is -0.120. The second-order valence-electron chi connectivity index (χ2n) is 2.64. The van der Waals surface area contributed by atoms with Crippen molar-refractivity contribution in [2.75, 3.05) is 24.7 Å². The first kappa shape index (κ1) is 12.7. The zero-order valence-electron chi connectivity index (χ0n) is 7.95. The molecule has 0 saturated carbocycles. The van der Waals surface area contributed by atoms with Crippen LogP contribution in [0.5, 0.6) is 0 Å². The van der Waals surface area contributed by atoms with Crippen LogP contribution in [0.2, 0.25) is 0 Å². The number of carbonyl (C=O) groups excluding carboxylic acids is 1. The number of thioether (sulfide) groups is 1. The third kappa shape index (κ3) is 6.86. The second-order valence-corrected chi connectivity index (χ2v) is 3.86. The highest BCUT2D eigenvalue weighted by Gasteiger charge is 2.12. The van der Waals surface area contributed by atoms with E-state index in [1.807, 2.05) is 6.92 Å². The molecule has 0 aliphatic carbocycles. The van der Waals surface area contributed by atoms with Crippen LogP contribution >= 0.6 is 11.8 Å². The maximum absolute atomic E-state index is 10.9. The van der Waals surface area contributed by atoms with Crippen molar-refractivity contribution >= 4 is 17.7 Å². The van der Waals surface area contributed by atoms with Gasteiger partial charge in [-0.05, 0) is 18.7 Å². The van der Waals surface area contributed by atoms with Gasteiger partial charge in [0.15, 0.2) is 0 Å². The Balaban J connectivity index is 3.51. The highest BCUT2D eigenvalue weighted by Crippen LogP contribution is 2.03. The van der Waals surface area contributed by atoms with E-state index in [2.05, 4.69) is 5.32 Å². The summed E-state index contributed by atoms with van der Waals surface area (Å²) in [4.78, 5) is 10.9. The van der Waals surface area contributed by atoms with Crippen LogP contribution in [-0.4, -0.2) is 41.7 Å². The van der Waals surface area contributed by atoms with E-state index in [-0.39, 0.29) is 18.6 Å². The first-order valence-electron chi connectivity index (χ1n) is 4.43. The summed E-state index contributed by atoms with van der Waals surface area (Å²) >= 11 is 1.63. The Morgan fingerprint density at radius 3 is 2.77 bits per heavy atom. The third-order valence-electron chi connectivity index (χ3n) is 1.58. The fourth-order valence-corrected chi connectivity index (χ4v) is 1.69. The van der Waals surface area contributed by atoms with Crippen LogP contribution in [0.4, 0.5) is 0 Å². The lowest BCUT2D eigenvalue weighted by atomic mass is 10.2. The number of carbonyl (C=O) groups is 1. The fourth-order valence-electron chi connectivity index (χ4n) is 0.959. The highest BCUT2D eigenvalue weighted by molar-refractivity contribution is 7.99. The van der Waals surface area contributed by atoms with Gasteiger partial charge in [0.25, 0.3) is 0 Å². The van der Waals surface area contributed by atoms with Crippen molar-refractivity contribution in [2.24, 2.45) is 5.73 Å². The molecule has 0 fully saturated rings. The number of nitrogens with two attached hydrogens (primary N) is 1. The molecule has 0 aromatic rings. The molecular weight excluding hydrogens is 188 g/mol. The number of primary amides is 1. The van der Waals surface area contributed by atoms with Gasteiger partial charge >= 0.3 is 0 Å². The fraction of sp³-hybridized carbons (Fsp3) is 0.875. The highest BCUT2D eigenvalue weighted by atomic mass is 32.2. The van der Waals surface area contributed by atoms with Crippen molar-refractivity contribution < 1.29 is 9.90 Å². The lowest BCUT2D eigenvalue weighted by Gasteiger charge is -2.13. The number of amides is 1. The van der Waals surface area contributed by atoms with E-state index in [9.17, 15) is 4.79 Å². The Bertz CT molecular complexity index is 144. The van der Waals surface area contributed by atoms with Gasteiger partial charge in [0.1, 0.15) is 0 Å². The average molecular weight is 206 g/mol. The number of nitrogens with one attached hydrogen (secondary N) is 1. The lowest BCUT2D eigenvalue weighted by Crippen LogP contribution is -2.41. The van der Waals surface area contributed by atoms with Crippen molar-refractivity contribution in [1.82, 2.24) is 5.32 Å². The quantitative estimate of drug-likeness (QED) is 0.471. The molecule has 78 valence electrons. The standard InChI is InChI=1S/C8H18N2O2S/c1-2-10-7(8(9)12)3-5-13-6-4-11/h7,10-11H,2-6H2,1H3,(H2,9,12). The summed E-state index contributed by atoms with van der Waals surface area (Å²) in [6.45, 7) is 2.88. The Labute approximate surface area is 83.3 Å². The minimum atomic E-state index is -0.300. The SMILES string of the molecule is CCNC(CCSCCO)C(N)=O. The van der Waals surface area contributed by atoms with E-state index in [0.717, 1.165) is 24.5 Å². The van der Waals surface area contributed by atoms with Crippen molar-refractivity contribution in [3.8, 4) is 0 Å². The number of rotatable bonds is 8. The van der Waals surface area contributed by atoms with Gasteiger partial charge in [-0.3, -0.25) is 4.79 Å². The predicted molar refractivity (Wildman–Crippen MR) is 55.7 cm³/mol. The number of hydrogen-bond acceptors (Lipinski definition) is 4. The Hall–Kier alpha value is -0.260. The summed E-state index contributed by atoms with van der Waals surface area (Å²) in [6.07, 6.45) is 0.730. The molecule has 0 saturated heterocycles. The number of likely N-dealkylation sites (N-methyl/N-ethyl adjacent to an activating group) is 1. The van der Waals surface area contributed by atoms with Crippen molar-refractivity contribution in [3.63, 3.8) is 0 Å². The van der Waals surface area contributed by atoms with Gasteiger partial charge < -0.3 is 16.2 Å². The molecule has 0 aromatic heterocycles. The predicted octanol–water partition coefficient (Wildman–Crippen LogP) is -0.435. The van der Waals surface area contributed by atoms with E-state index in [0.29, 0.717) is 0 Å². The summed E-state index contributed by atoms with van der Waals surface area (Å²) in [5, 5.41) is 11.5. The summed E-state index contributed by atoms with van der Waals surface area (Å²) in [5.41, 5.74) is 5.18. The molecule has 0 spiro atoms. The molecule has 4 N–H and O–H groups in total. The number of hydrogen-bond donors (Lipinski definition) is 3. The number of aliphatic hydroxyl groups is 1. The zero-order valence-corrected chi connectivity index (χ0v) is 8.77. The summed E-state index contributed by atoms with van der Waals surface area (Å²) in [7, 11) is 0. The molecule has 1 atom stereocenters. The largest absolute Gasteiger partial charge is 0.396 e. The average Bonchev–Trinajstić information content (AvgIpc) is 2.10. The van der Waals surface area contributed by atoms with Crippen LogP contribution in [0.1, 0.15) is 13.3 Å². The molecule has 13 heavy (non-hydrogen) atoms. The molecule has 0 aliphatic rings. The van der Waals surface area contributed by atoms with Gasteiger partial charge in [0.05, 0.1) is 12.6 Å². The van der Waals surface area contributed by atoms with Gasteiger partial charge in [-0.25, -0.2) is 0 Å². The van der Waals surface area contributed by atoms with Crippen molar-refractivity contribution in [3.05, 3.63) is 0 Å². The molecule has 0 aromatic carbocycles. The summed E-state index contributed by atoms with van der Waals surface area (Å²) in [5.74, 6) is 1.27. The monoisotopic (exact) mass is 206 g/mol. The molecule has 5 heteroatoms. The molecule has 0 bridgehead atoms. The molecule has 1 amide bonds. The summed E-state index contributed by atoms with van der Waals surface area (Å²) < 4.78 is 0. The van der Waals surface area contributed by atoms with E-state index >= 15 is 0 Å². The molecule has 0 aliphatic heterocycles. The first-order chi connectivity index (χ1) is 6.22.